The molecule has 30 heavy (non-hydrogen) atoms. The summed E-state index contributed by atoms with van der Waals surface area (Å²) in [5, 5.41) is 0. The molecule has 0 N–H and O–H groups in total. The van der Waals surface area contributed by atoms with Gasteiger partial charge in [-0.15, -0.1) is 11.3 Å². The summed E-state index contributed by atoms with van der Waals surface area (Å²) in [6.07, 6.45) is 4.10. The van der Waals surface area contributed by atoms with Crippen molar-refractivity contribution < 1.29 is 13.9 Å². The predicted molar refractivity (Wildman–Crippen MR) is 121 cm³/mol. The Morgan fingerprint density at radius 1 is 0.967 bits per heavy atom. The number of hydrogen-bond donors (Lipinski definition) is 0. The number of furan rings is 1. The van der Waals surface area contributed by atoms with Crippen molar-refractivity contribution in [2.24, 2.45) is 0 Å². The first-order valence-corrected chi connectivity index (χ1v) is 10.6. The maximum Gasteiger partial charge on any atom is 0.195 e. The average Bonchev–Trinajstić information content (AvgIpc) is 3.42. The van der Waals surface area contributed by atoms with Gasteiger partial charge in [-0.25, -0.2) is 0 Å². The summed E-state index contributed by atoms with van der Waals surface area (Å²) in [6, 6.07) is 25.7. The summed E-state index contributed by atoms with van der Waals surface area (Å²) in [5.74, 6) is 2.16. The first-order valence-electron chi connectivity index (χ1n) is 9.79. The van der Waals surface area contributed by atoms with E-state index in [1.807, 2.05) is 73.7 Å². The van der Waals surface area contributed by atoms with Crippen molar-refractivity contribution in [2.75, 3.05) is 0 Å². The fourth-order valence-electron chi connectivity index (χ4n) is 3.07. The Morgan fingerprint density at radius 3 is 2.60 bits per heavy atom. The van der Waals surface area contributed by atoms with Crippen molar-refractivity contribution in [1.29, 1.82) is 0 Å². The molecule has 0 amide bonds. The van der Waals surface area contributed by atoms with Gasteiger partial charge in [-0.2, -0.15) is 0 Å². The molecule has 0 radical (unpaired) electrons. The van der Waals surface area contributed by atoms with E-state index in [2.05, 4.69) is 12.1 Å². The summed E-state index contributed by atoms with van der Waals surface area (Å²) in [5.41, 5.74) is 2.32. The minimum Gasteiger partial charge on any atom is -0.485 e. The molecule has 0 aliphatic carbocycles. The molecular weight excluding hydrogens is 392 g/mol. The van der Waals surface area contributed by atoms with Crippen LogP contribution in [0.15, 0.2) is 89.4 Å². The number of para-hydroxylation sites is 1. The standard InChI is InChI=1S/C26H22O3S/c1-19-7-5-6-10-25(19)28-18-22-12-11-21(29-22)13-15-24(27)26-16-14-23(30-26)17-20-8-3-2-4-9-20/h2-16H,17-18H2,1H3/b15-13+. The number of benzene rings is 2. The van der Waals surface area contributed by atoms with Crippen LogP contribution in [0.4, 0.5) is 0 Å². The van der Waals surface area contributed by atoms with Gasteiger partial charge < -0.3 is 9.15 Å². The van der Waals surface area contributed by atoms with Crippen LogP contribution < -0.4 is 4.74 Å². The highest BCUT2D eigenvalue weighted by atomic mass is 32.1. The number of rotatable bonds is 8. The van der Waals surface area contributed by atoms with Gasteiger partial charge >= 0.3 is 0 Å². The van der Waals surface area contributed by atoms with Gasteiger partial charge in [0.1, 0.15) is 23.9 Å². The zero-order chi connectivity index (χ0) is 20.8. The third-order valence-electron chi connectivity index (χ3n) is 4.67. The molecule has 4 rings (SSSR count). The van der Waals surface area contributed by atoms with Crippen molar-refractivity contribution in [3.63, 3.8) is 0 Å². The molecule has 0 aliphatic rings. The second-order valence-electron chi connectivity index (χ2n) is 6.98. The number of thiophene rings is 1. The molecule has 2 aromatic carbocycles. The Labute approximate surface area is 180 Å². The Hall–Kier alpha value is -3.37. The molecule has 2 heterocycles. The fourth-order valence-corrected chi connectivity index (χ4v) is 4.03. The molecule has 0 aliphatic heterocycles. The number of allylic oxidation sites excluding steroid dienone is 1. The lowest BCUT2D eigenvalue weighted by atomic mass is 10.1. The highest BCUT2D eigenvalue weighted by Crippen LogP contribution is 2.22. The van der Waals surface area contributed by atoms with Crippen LogP contribution in [0.2, 0.25) is 0 Å². The number of ether oxygens (including phenoxy) is 1. The van der Waals surface area contributed by atoms with E-state index in [1.165, 1.54) is 21.8 Å². The quantitative estimate of drug-likeness (QED) is 0.237. The largest absolute Gasteiger partial charge is 0.485 e. The highest BCUT2D eigenvalue weighted by molar-refractivity contribution is 7.14. The van der Waals surface area contributed by atoms with E-state index >= 15 is 0 Å². The number of hydrogen-bond acceptors (Lipinski definition) is 4. The number of ketones is 1. The van der Waals surface area contributed by atoms with Crippen molar-refractivity contribution in [2.45, 2.75) is 20.0 Å². The van der Waals surface area contributed by atoms with E-state index in [9.17, 15) is 4.79 Å². The van der Waals surface area contributed by atoms with Gasteiger partial charge in [-0.1, -0.05) is 48.5 Å². The van der Waals surface area contributed by atoms with E-state index in [4.69, 9.17) is 9.15 Å². The van der Waals surface area contributed by atoms with E-state index in [0.29, 0.717) is 18.1 Å². The number of aryl methyl sites for hydroxylation is 1. The van der Waals surface area contributed by atoms with Crippen LogP contribution in [0.25, 0.3) is 6.08 Å². The van der Waals surface area contributed by atoms with E-state index in [1.54, 1.807) is 12.2 Å². The van der Waals surface area contributed by atoms with Crippen LogP contribution in [0.3, 0.4) is 0 Å². The minimum absolute atomic E-state index is 0.0200. The molecule has 0 saturated carbocycles. The van der Waals surface area contributed by atoms with Gasteiger partial charge in [-0.05, 0) is 60.5 Å². The first kappa shape index (κ1) is 19.9. The molecule has 0 fully saturated rings. The molecule has 0 unspecified atom stereocenters. The predicted octanol–water partition coefficient (Wildman–Crippen LogP) is 6.72. The Kier molecular flexibility index (Phi) is 6.26. The van der Waals surface area contributed by atoms with Crippen LogP contribution in [-0.2, 0) is 13.0 Å². The third kappa shape index (κ3) is 5.16. The zero-order valence-corrected chi connectivity index (χ0v) is 17.5. The molecule has 4 aromatic rings. The lowest BCUT2D eigenvalue weighted by molar-refractivity contribution is 0.105. The molecule has 0 spiro atoms. The van der Waals surface area contributed by atoms with Crippen molar-refractivity contribution in [3.8, 4) is 5.75 Å². The zero-order valence-electron chi connectivity index (χ0n) is 16.7. The van der Waals surface area contributed by atoms with Crippen LogP contribution >= 0.6 is 11.3 Å². The normalized spacial score (nSPS) is 11.1. The van der Waals surface area contributed by atoms with Gasteiger partial charge in [0.15, 0.2) is 5.78 Å². The second kappa shape index (κ2) is 9.42. The Bertz CT molecular complexity index is 1150. The average molecular weight is 415 g/mol. The van der Waals surface area contributed by atoms with Crippen LogP contribution in [0.1, 0.15) is 37.2 Å². The molecule has 4 heteroatoms. The summed E-state index contributed by atoms with van der Waals surface area (Å²) in [7, 11) is 0. The summed E-state index contributed by atoms with van der Waals surface area (Å²) in [6.45, 7) is 2.35. The Morgan fingerprint density at radius 2 is 1.77 bits per heavy atom. The topological polar surface area (TPSA) is 39.4 Å². The lowest BCUT2D eigenvalue weighted by Gasteiger charge is -2.06. The maximum atomic E-state index is 12.5. The van der Waals surface area contributed by atoms with Crippen LogP contribution in [0, 0.1) is 6.92 Å². The SMILES string of the molecule is Cc1ccccc1OCc1ccc(/C=C/C(=O)c2ccc(Cc3ccccc3)s2)o1. The molecule has 2 aromatic heterocycles. The van der Waals surface area contributed by atoms with E-state index < -0.39 is 0 Å². The summed E-state index contributed by atoms with van der Waals surface area (Å²) in [4.78, 5) is 14.4. The van der Waals surface area contributed by atoms with Crippen molar-refractivity contribution >= 4 is 23.2 Å². The van der Waals surface area contributed by atoms with Gasteiger partial charge in [0.2, 0.25) is 0 Å². The van der Waals surface area contributed by atoms with Crippen molar-refractivity contribution in [1.82, 2.24) is 0 Å². The van der Waals surface area contributed by atoms with Gasteiger partial charge in [0.25, 0.3) is 0 Å². The molecular formula is C26H22O3S. The maximum absolute atomic E-state index is 12.5. The van der Waals surface area contributed by atoms with Crippen LogP contribution in [0.5, 0.6) is 5.75 Å². The molecule has 150 valence electrons. The van der Waals surface area contributed by atoms with Gasteiger partial charge in [-0.3, -0.25) is 4.79 Å². The van der Waals surface area contributed by atoms with Crippen molar-refractivity contribution in [3.05, 3.63) is 117 Å². The molecule has 0 saturated heterocycles. The highest BCUT2D eigenvalue weighted by Gasteiger charge is 2.08. The fraction of sp³-hybridized carbons (Fsp3) is 0.115. The monoisotopic (exact) mass is 414 g/mol. The smallest absolute Gasteiger partial charge is 0.195 e. The number of carbonyl (C=O) groups is 1. The number of carbonyl (C=O) groups excluding carboxylic acids is 1. The summed E-state index contributed by atoms with van der Waals surface area (Å²) >= 11 is 1.53. The molecule has 3 nitrogen and oxygen atoms in total. The van der Waals surface area contributed by atoms with Crippen LogP contribution in [-0.4, -0.2) is 5.78 Å². The molecule has 0 atom stereocenters. The Balaban J connectivity index is 1.34. The van der Waals surface area contributed by atoms with Gasteiger partial charge in [0, 0.05) is 11.3 Å². The second-order valence-corrected chi connectivity index (χ2v) is 8.15. The minimum atomic E-state index is -0.0200. The van der Waals surface area contributed by atoms with E-state index in [-0.39, 0.29) is 5.78 Å². The third-order valence-corrected chi connectivity index (χ3v) is 5.77. The molecule has 0 bridgehead atoms. The summed E-state index contributed by atoms with van der Waals surface area (Å²) < 4.78 is 11.6. The van der Waals surface area contributed by atoms with E-state index in [0.717, 1.165) is 22.6 Å². The first-order chi connectivity index (χ1) is 14.7. The lowest BCUT2D eigenvalue weighted by Crippen LogP contribution is -1.95. The van der Waals surface area contributed by atoms with Gasteiger partial charge in [0.05, 0.1) is 4.88 Å².